The van der Waals surface area contributed by atoms with Crippen LogP contribution in [-0.2, 0) is 0 Å². The van der Waals surface area contributed by atoms with Crippen molar-refractivity contribution in [1.82, 2.24) is 23.9 Å². The van der Waals surface area contributed by atoms with Gasteiger partial charge in [-0.1, -0.05) is 24.3 Å². The molecule has 0 amide bonds. The largest absolute Gasteiger partial charge is 0.456 e. The van der Waals surface area contributed by atoms with Crippen LogP contribution in [0.25, 0.3) is 99.8 Å². The van der Waals surface area contributed by atoms with Gasteiger partial charge in [0.15, 0.2) is 11.6 Å². The molecular formula is C39H19F2N5O. The third kappa shape index (κ3) is 3.18. The highest BCUT2D eigenvalue weighted by molar-refractivity contribution is 6.36. The molecule has 0 aliphatic rings. The maximum absolute atomic E-state index is 13.9. The summed E-state index contributed by atoms with van der Waals surface area (Å²) in [5.41, 5.74) is 8.03. The van der Waals surface area contributed by atoms with Crippen LogP contribution in [0.5, 0.6) is 0 Å². The number of halogens is 2. The van der Waals surface area contributed by atoms with Gasteiger partial charge in [-0.15, -0.1) is 0 Å². The zero-order chi connectivity index (χ0) is 31.0. The second-order valence-corrected chi connectivity index (χ2v) is 11.9. The first-order valence-corrected chi connectivity index (χ1v) is 15.3. The van der Waals surface area contributed by atoms with Crippen molar-refractivity contribution in [3.8, 4) is 28.7 Å². The first-order chi connectivity index (χ1) is 23.1. The molecule has 11 rings (SSSR count). The molecule has 0 saturated heterocycles. The molecule has 0 spiro atoms. The van der Waals surface area contributed by atoms with E-state index < -0.39 is 0 Å². The molecule has 5 heterocycles. The van der Waals surface area contributed by atoms with E-state index in [4.69, 9.17) is 19.4 Å². The fraction of sp³-hybridized carbons (Fsp3) is 0. The number of benzene rings is 6. The van der Waals surface area contributed by atoms with Crippen molar-refractivity contribution in [1.29, 1.82) is 0 Å². The summed E-state index contributed by atoms with van der Waals surface area (Å²) >= 11 is 0. The zero-order valence-electron chi connectivity index (χ0n) is 24.4. The van der Waals surface area contributed by atoms with Crippen LogP contribution in [0.1, 0.15) is 0 Å². The van der Waals surface area contributed by atoms with E-state index in [1.54, 1.807) is 24.3 Å². The summed E-state index contributed by atoms with van der Waals surface area (Å²) < 4.78 is 38.8. The molecule has 0 aliphatic heterocycles. The molecule has 47 heavy (non-hydrogen) atoms. The van der Waals surface area contributed by atoms with Gasteiger partial charge in [0, 0.05) is 38.1 Å². The lowest BCUT2D eigenvalue weighted by atomic mass is 10.0. The van der Waals surface area contributed by atoms with Crippen LogP contribution in [0.3, 0.4) is 0 Å². The first kappa shape index (κ1) is 24.9. The van der Waals surface area contributed by atoms with E-state index in [2.05, 4.69) is 69.6 Å². The van der Waals surface area contributed by atoms with Gasteiger partial charge in [-0.25, -0.2) is 13.8 Å². The first-order valence-electron chi connectivity index (χ1n) is 15.3. The van der Waals surface area contributed by atoms with E-state index in [0.717, 1.165) is 60.3 Å². The van der Waals surface area contributed by atoms with E-state index >= 15 is 0 Å². The Morgan fingerprint density at radius 1 is 0.468 bits per heavy atom. The quantitative estimate of drug-likeness (QED) is 0.200. The van der Waals surface area contributed by atoms with Crippen LogP contribution in [0.2, 0.25) is 0 Å². The van der Waals surface area contributed by atoms with Crippen LogP contribution in [0.15, 0.2) is 120 Å². The number of para-hydroxylation sites is 1. The lowest BCUT2D eigenvalue weighted by molar-refractivity contribution is 0.627. The predicted octanol–water partition coefficient (Wildman–Crippen LogP) is 9.91. The van der Waals surface area contributed by atoms with E-state index in [1.807, 2.05) is 6.07 Å². The number of aromatic nitrogens is 5. The summed E-state index contributed by atoms with van der Waals surface area (Å²) in [4.78, 5) is 14.7. The average molecular weight is 612 g/mol. The molecule has 0 aliphatic carbocycles. The van der Waals surface area contributed by atoms with Crippen LogP contribution < -0.4 is 0 Å². The lowest BCUT2D eigenvalue weighted by Crippen LogP contribution is -2.06. The van der Waals surface area contributed by atoms with E-state index in [-0.39, 0.29) is 11.6 Å². The normalized spacial score (nSPS) is 12.5. The van der Waals surface area contributed by atoms with Gasteiger partial charge in [-0.2, -0.15) is 9.97 Å². The van der Waals surface area contributed by atoms with Crippen molar-refractivity contribution in [2.24, 2.45) is 0 Å². The van der Waals surface area contributed by atoms with Gasteiger partial charge < -0.3 is 8.82 Å². The summed E-state index contributed by atoms with van der Waals surface area (Å²) in [5.74, 6) is 0.443. The highest BCUT2D eigenvalue weighted by Gasteiger charge is 2.27. The molecule has 0 fully saturated rings. The minimum atomic E-state index is -0.353. The van der Waals surface area contributed by atoms with Crippen LogP contribution >= 0.6 is 0 Å². The van der Waals surface area contributed by atoms with Gasteiger partial charge in [-0.3, -0.25) is 4.57 Å². The average Bonchev–Trinajstić information content (AvgIpc) is 3.73. The topological polar surface area (TPSA) is 61.2 Å². The molecule has 0 radical (unpaired) electrons. The van der Waals surface area contributed by atoms with Crippen molar-refractivity contribution in [3.05, 3.63) is 127 Å². The highest BCUT2D eigenvalue weighted by Crippen LogP contribution is 2.48. The molecule has 0 atom stereocenters. The SMILES string of the molecule is Fc1ccc(-c2nc(-c3ccc(F)cc3)nc(-n3c4ccc5oc6ccc7c8ccccc8n8c9cccc3c9c4c5c6c78)n2)cc1. The smallest absolute Gasteiger partial charge is 0.238 e. The van der Waals surface area contributed by atoms with Gasteiger partial charge in [0.05, 0.1) is 33.0 Å². The maximum atomic E-state index is 13.9. The number of hydrogen-bond donors (Lipinski definition) is 0. The standard InChI is InChI=1S/C39H19F2N5O/c40-22-12-8-20(9-13-22)37-42-38(21-10-14-23(41)15-11-21)44-39(43-37)46-28-7-3-6-27-32(28)33-29(46)17-19-30-34(33)35-31(47-30)18-16-25-24-4-1-2-5-26(24)45(27)36(25)35/h1-19H. The fourth-order valence-corrected chi connectivity index (χ4v) is 7.50. The molecule has 11 aromatic rings. The molecule has 220 valence electrons. The third-order valence-corrected chi connectivity index (χ3v) is 9.44. The number of fused-ring (bicyclic) bond motifs is 4. The molecular weight excluding hydrogens is 592 g/mol. The molecule has 0 saturated carbocycles. The molecule has 0 bridgehead atoms. The Morgan fingerprint density at radius 3 is 1.83 bits per heavy atom. The number of furan rings is 1. The molecule has 0 unspecified atom stereocenters. The summed E-state index contributed by atoms with van der Waals surface area (Å²) in [5, 5.41) is 6.59. The maximum Gasteiger partial charge on any atom is 0.238 e. The minimum absolute atomic E-state index is 0.353. The van der Waals surface area contributed by atoms with Crippen molar-refractivity contribution in [2.45, 2.75) is 0 Å². The monoisotopic (exact) mass is 611 g/mol. The molecule has 0 N–H and O–H groups in total. The third-order valence-electron chi connectivity index (χ3n) is 9.44. The molecule has 6 nitrogen and oxygen atoms in total. The van der Waals surface area contributed by atoms with Crippen molar-refractivity contribution >= 4 is 71.1 Å². The van der Waals surface area contributed by atoms with Crippen molar-refractivity contribution in [3.63, 3.8) is 0 Å². The Bertz CT molecular complexity index is 2960. The van der Waals surface area contributed by atoms with E-state index in [9.17, 15) is 8.78 Å². The van der Waals surface area contributed by atoms with Gasteiger partial charge in [-0.05, 0) is 91.0 Å². The van der Waals surface area contributed by atoms with Crippen LogP contribution in [0.4, 0.5) is 8.78 Å². The molecule has 5 aromatic heterocycles. The summed E-state index contributed by atoms with van der Waals surface area (Å²) in [7, 11) is 0. The van der Waals surface area contributed by atoms with Crippen molar-refractivity contribution in [2.75, 3.05) is 0 Å². The zero-order valence-corrected chi connectivity index (χ0v) is 24.4. The van der Waals surface area contributed by atoms with Gasteiger partial charge >= 0.3 is 0 Å². The Balaban J connectivity index is 1.33. The fourth-order valence-electron chi connectivity index (χ4n) is 7.50. The number of hydrogen-bond acceptors (Lipinski definition) is 4. The Hall–Kier alpha value is -6.41. The number of nitrogens with zero attached hydrogens (tertiary/aromatic N) is 5. The van der Waals surface area contributed by atoms with Gasteiger partial charge in [0.2, 0.25) is 5.95 Å². The molecule has 8 heteroatoms. The Morgan fingerprint density at radius 2 is 1.09 bits per heavy atom. The van der Waals surface area contributed by atoms with E-state index in [1.165, 1.54) is 35.0 Å². The van der Waals surface area contributed by atoms with Crippen LogP contribution in [0, 0.1) is 11.6 Å². The predicted molar refractivity (Wildman–Crippen MR) is 181 cm³/mol. The highest BCUT2D eigenvalue weighted by atomic mass is 19.1. The van der Waals surface area contributed by atoms with Gasteiger partial charge in [0.1, 0.15) is 22.8 Å². The van der Waals surface area contributed by atoms with E-state index in [0.29, 0.717) is 28.7 Å². The molecule has 6 aromatic carbocycles. The van der Waals surface area contributed by atoms with Gasteiger partial charge in [0.25, 0.3) is 0 Å². The number of rotatable bonds is 3. The Kier molecular flexibility index (Phi) is 4.57. The van der Waals surface area contributed by atoms with Crippen molar-refractivity contribution < 1.29 is 13.2 Å². The second-order valence-electron chi connectivity index (χ2n) is 11.9. The Labute approximate surface area is 263 Å². The lowest BCUT2D eigenvalue weighted by Gasteiger charge is -2.11. The minimum Gasteiger partial charge on any atom is -0.456 e. The summed E-state index contributed by atoms with van der Waals surface area (Å²) in [6.07, 6.45) is 0. The summed E-state index contributed by atoms with van der Waals surface area (Å²) in [6.45, 7) is 0. The second kappa shape index (κ2) is 8.64. The summed E-state index contributed by atoms with van der Waals surface area (Å²) in [6, 6.07) is 35.2. The van der Waals surface area contributed by atoms with Crippen LogP contribution in [-0.4, -0.2) is 23.9 Å².